The summed E-state index contributed by atoms with van der Waals surface area (Å²) in [5, 5.41) is 1.90. The average molecular weight is 630 g/mol. The van der Waals surface area contributed by atoms with Crippen LogP contribution in [-0.4, -0.2) is 12.3 Å². The van der Waals surface area contributed by atoms with Gasteiger partial charge in [0, 0.05) is 0 Å². The Morgan fingerprint density at radius 3 is 2.17 bits per heavy atom. The number of hydrogen-bond donors (Lipinski definition) is 0. The normalized spacial score (nSPS) is 16.4. The van der Waals surface area contributed by atoms with Crippen LogP contribution in [0.4, 0.5) is 0 Å². The maximum absolute atomic E-state index is 2.65. The standard InChI is InChI=1S/C21H32P.C5H5.2ClH.Hf/c1-3-5-7-11-15-22(16-12-8-6-4-2)21-17-19-13-9-10-14-20(19)18-21;1-2-4-5-3-1;;;/h9-10,13-14,17-18H,3-8,11-12,15-16H2,1-2H3;1-3H,4H2;2*1H;/q;;;;+2/p-2. The molecule has 0 amide bonds. The zero-order valence-electron chi connectivity index (χ0n) is 18.7. The van der Waals surface area contributed by atoms with Crippen LogP contribution < -0.4 is 24.8 Å². The Morgan fingerprint density at radius 2 is 1.57 bits per heavy atom. The van der Waals surface area contributed by atoms with Gasteiger partial charge in [0.15, 0.2) is 0 Å². The van der Waals surface area contributed by atoms with E-state index in [-0.39, 0.29) is 32.7 Å². The SMILES string of the molecule is CCCCCCP(CCCCCC)C1=Cc2ccccc2[CH]1[Hf+2][C]1=CC=CC1.[Cl-].[Cl-]. The molecule has 1 unspecified atom stereocenters. The zero-order valence-corrected chi connectivity index (χ0v) is 24.7. The molecule has 3 rings (SSSR count). The van der Waals surface area contributed by atoms with E-state index in [0.717, 1.165) is 3.67 Å². The third-order valence-corrected chi connectivity index (χ3v) is 15.6. The summed E-state index contributed by atoms with van der Waals surface area (Å²) in [6, 6.07) is 9.34. The summed E-state index contributed by atoms with van der Waals surface area (Å²) in [4.78, 5) is 0. The van der Waals surface area contributed by atoms with E-state index in [0.29, 0.717) is 0 Å². The third kappa shape index (κ3) is 8.35. The maximum Gasteiger partial charge on any atom is -1.00 e. The van der Waals surface area contributed by atoms with Gasteiger partial charge in [0.2, 0.25) is 0 Å². The Bertz CT molecular complexity index is 699. The van der Waals surface area contributed by atoms with Gasteiger partial charge in [-0.05, 0) is 0 Å². The van der Waals surface area contributed by atoms with Crippen molar-refractivity contribution in [3.05, 3.63) is 62.3 Å². The van der Waals surface area contributed by atoms with Crippen molar-refractivity contribution in [3.63, 3.8) is 0 Å². The molecule has 1 atom stereocenters. The van der Waals surface area contributed by atoms with Crippen LogP contribution in [0.5, 0.6) is 0 Å². The van der Waals surface area contributed by atoms with Crippen LogP contribution in [0.1, 0.15) is 86.4 Å². The first-order valence-corrected chi connectivity index (χ1v) is 17.1. The molecule has 1 aromatic carbocycles. The Balaban J connectivity index is 0.00000225. The smallest absolute Gasteiger partial charge is 1.00 e. The van der Waals surface area contributed by atoms with Crippen LogP contribution in [0.25, 0.3) is 6.08 Å². The minimum atomic E-state index is -0.849. The summed E-state index contributed by atoms with van der Waals surface area (Å²) in [6.07, 6.45) is 25.3. The number of unbranched alkanes of at least 4 members (excludes halogenated alkanes) is 6. The summed E-state index contributed by atoms with van der Waals surface area (Å²) >= 11 is -0.849. The topological polar surface area (TPSA) is 0 Å². The van der Waals surface area contributed by atoms with E-state index in [1.54, 1.807) is 11.1 Å². The first-order valence-electron chi connectivity index (χ1n) is 11.5. The number of benzene rings is 1. The van der Waals surface area contributed by atoms with Crippen molar-refractivity contribution in [2.45, 2.75) is 75.3 Å². The van der Waals surface area contributed by atoms with Crippen molar-refractivity contribution in [1.29, 1.82) is 0 Å². The first kappa shape index (κ1) is 28.4. The van der Waals surface area contributed by atoms with E-state index >= 15 is 0 Å². The molecular formula is C26H37Cl2HfP. The second-order valence-electron chi connectivity index (χ2n) is 8.21. The third-order valence-electron chi connectivity index (χ3n) is 5.94. The average Bonchev–Trinajstić information content (AvgIpc) is 3.35. The molecule has 0 spiro atoms. The van der Waals surface area contributed by atoms with E-state index < -0.39 is 22.9 Å². The fourth-order valence-corrected chi connectivity index (χ4v) is 14.8. The molecule has 2 aliphatic rings. The van der Waals surface area contributed by atoms with Gasteiger partial charge in [-0.15, -0.1) is 0 Å². The van der Waals surface area contributed by atoms with Gasteiger partial charge in [-0.1, -0.05) is 0 Å². The van der Waals surface area contributed by atoms with E-state index in [2.05, 4.69) is 62.4 Å². The van der Waals surface area contributed by atoms with Crippen LogP contribution in [-0.2, 0) is 22.9 Å². The molecule has 0 saturated carbocycles. The van der Waals surface area contributed by atoms with Crippen LogP contribution in [0.3, 0.4) is 0 Å². The van der Waals surface area contributed by atoms with Crippen LogP contribution in [0.2, 0.25) is 0 Å². The molecule has 0 aromatic heterocycles. The summed E-state index contributed by atoms with van der Waals surface area (Å²) in [7, 11) is 0.0612. The molecule has 0 N–H and O–H groups in total. The van der Waals surface area contributed by atoms with Gasteiger partial charge in [-0.3, -0.25) is 0 Å². The minimum absolute atomic E-state index is 0. The predicted octanol–water partition coefficient (Wildman–Crippen LogP) is 2.66. The van der Waals surface area contributed by atoms with Gasteiger partial charge in [0.1, 0.15) is 0 Å². The van der Waals surface area contributed by atoms with Crippen LogP contribution in [0, 0.1) is 0 Å². The number of fused-ring (bicyclic) bond motifs is 1. The number of rotatable bonds is 13. The quantitative estimate of drug-likeness (QED) is 0.179. The van der Waals surface area contributed by atoms with Crippen molar-refractivity contribution in [1.82, 2.24) is 0 Å². The van der Waals surface area contributed by atoms with Gasteiger partial charge < -0.3 is 24.8 Å². The van der Waals surface area contributed by atoms with E-state index in [1.807, 2.05) is 8.64 Å². The summed E-state index contributed by atoms with van der Waals surface area (Å²) < 4.78 is 2.66. The summed E-state index contributed by atoms with van der Waals surface area (Å²) in [5.41, 5.74) is 3.24. The molecule has 164 valence electrons. The first-order chi connectivity index (χ1) is 13.8. The number of hydrogen-bond acceptors (Lipinski definition) is 0. The van der Waals surface area contributed by atoms with Crippen molar-refractivity contribution >= 4 is 14.0 Å². The molecule has 2 aliphatic carbocycles. The minimum Gasteiger partial charge on any atom is -1.00 e. The van der Waals surface area contributed by atoms with Crippen LogP contribution in [0.15, 0.2) is 51.1 Å². The summed E-state index contributed by atoms with van der Waals surface area (Å²) in [6.45, 7) is 4.66. The summed E-state index contributed by atoms with van der Waals surface area (Å²) in [5.74, 6) is 0. The molecule has 0 bridgehead atoms. The Labute approximate surface area is 210 Å². The second-order valence-corrected chi connectivity index (χ2v) is 16.1. The van der Waals surface area contributed by atoms with Gasteiger partial charge in [-0.25, -0.2) is 0 Å². The monoisotopic (exact) mass is 630 g/mol. The zero-order chi connectivity index (χ0) is 19.6. The largest absolute Gasteiger partial charge is 1.00 e. The second kappa shape index (κ2) is 16.0. The van der Waals surface area contributed by atoms with Gasteiger partial charge >= 0.3 is 187 Å². The molecule has 30 heavy (non-hydrogen) atoms. The van der Waals surface area contributed by atoms with Crippen molar-refractivity contribution in [2.24, 2.45) is 0 Å². The fourth-order valence-electron chi connectivity index (χ4n) is 4.30. The Kier molecular flexibility index (Phi) is 15.1. The van der Waals surface area contributed by atoms with Gasteiger partial charge in [0.25, 0.3) is 0 Å². The molecule has 0 nitrogen and oxygen atoms in total. The molecule has 0 aliphatic heterocycles. The Hall–Kier alpha value is 0.320. The fraction of sp³-hybridized carbons (Fsp3) is 0.538. The molecular weight excluding hydrogens is 593 g/mol. The van der Waals surface area contributed by atoms with E-state index in [1.165, 1.54) is 70.1 Å². The van der Waals surface area contributed by atoms with Crippen molar-refractivity contribution in [3.8, 4) is 0 Å². The van der Waals surface area contributed by atoms with Crippen LogP contribution >= 0.6 is 7.92 Å². The Morgan fingerprint density at radius 1 is 0.900 bits per heavy atom. The van der Waals surface area contributed by atoms with Crippen molar-refractivity contribution in [2.75, 3.05) is 12.3 Å². The molecule has 4 heteroatoms. The number of allylic oxidation sites excluding steroid dienone is 5. The molecule has 1 aromatic rings. The molecule has 0 saturated heterocycles. The maximum atomic E-state index is 2.65. The number of halogens is 2. The van der Waals surface area contributed by atoms with Gasteiger partial charge in [-0.2, -0.15) is 0 Å². The van der Waals surface area contributed by atoms with Gasteiger partial charge in [0.05, 0.1) is 0 Å². The molecule has 0 fully saturated rings. The van der Waals surface area contributed by atoms with E-state index in [9.17, 15) is 0 Å². The predicted molar refractivity (Wildman–Crippen MR) is 124 cm³/mol. The van der Waals surface area contributed by atoms with E-state index in [4.69, 9.17) is 0 Å². The molecule has 0 radical (unpaired) electrons. The van der Waals surface area contributed by atoms with Crippen molar-refractivity contribution < 1.29 is 47.7 Å². The molecule has 0 heterocycles.